The van der Waals surface area contributed by atoms with Crippen LogP contribution in [-0.4, -0.2) is 183 Å². The summed E-state index contributed by atoms with van der Waals surface area (Å²) in [6.07, 6.45) is -1.02. The number of phenolic OH excluding ortho intramolecular Hbond substituents is 2. The summed E-state index contributed by atoms with van der Waals surface area (Å²) in [5, 5.41) is 72.9. The summed E-state index contributed by atoms with van der Waals surface area (Å²) >= 11 is 18.1. The maximum atomic E-state index is 13.0. The number of carbonyl (C=O) groups excluding carboxylic acids is 3. The van der Waals surface area contributed by atoms with Gasteiger partial charge in [0.1, 0.15) is 23.9 Å². The van der Waals surface area contributed by atoms with Crippen LogP contribution in [0.25, 0.3) is 0 Å². The van der Waals surface area contributed by atoms with Crippen LogP contribution in [-0.2, 0) is 48.9 Å². The van der Waals surface area contributed by atoms with E-state index < -0.39 is 60.9 Å². The number of carboxylic acid groups (broad SMARTS) is 4. The Morgan fingerprint density at radius 1 is 0.667 bits per heavy atom. The van der Waals surface area contributed by atoms with Crippen molar-refractivity contribution in [2.75, 3.05) is 90.6 Å². The number of nitrogens with zero attached hydrogens (tertiary/aromatic N) is 3. The van der Waals surface area contributed by atoms with Crippen molar-refractivity contribution < 1.29 is 90.5 Å². The second-order valence-electron chi connectivity index (χ2n) is 16.9. The Kier molecular flexibility index (Phi) is 28.4. The number of thiocarbonyl (C=S) groups is 1. The largest absolute Gasteiger partial charge is 0.508 e. The molecule has 0 saturated heterocycles. The quantitative estimate of drug-likeness (QED) is 0.0185. The third-order valence-electron chi connectivity index (χ3n) is 11.1. The molecule has 0 saturated carbocycles. The Labute approximate surface area is 474 Å². The molecule has 4 aromatic carbocycles. The molecule has 0 bridgehead atoms. The number of aromatic hydroxyl groups is 2. The molecule has 1 unspecified atom stereocenters. The van der Waals surface area contributed by atoms with Crippen LogP contribution in [0.4, 0.5) is 10.5 Å². The Morgan fingerprint density at radius 2 is 1.28 bits per heavy atom. The summed E-state index contributed by atoms with van der Waals surface area (Å²) in [6.45, 7) is 3.69. The van der Waals surface area contributed by atoms with Gasteiger partial charge in [0.05, 0.1) is 48.5 Å². The van der Waals surface area contributed by atoms with Gasteiger partial charge in [0.25, 0.3) is 5.91 Å². The van der Waals surface area contributed by atoms with Gasteiger partial charge in [-0.15, -0.1) is 0 Å². The predicted molar refractivity (Wildman–Crippen MR) is 287 cm³/mol. The van der Waals surface area contributed by atoms with E-state index in [0.717, 1.165) is 30.4 Å². The molecule has 0 aliphatic heterocycles. The molecule has 28 heteroatoms. The summed E-state index contributed by atoms with van der Waals surface area (Å²) in [5.41, 5.74) is 1.97. The van der Waals surface area contributed by atoms with E-state index >= 15 is 0 Å². The Bertz CT molecular complexity index is 2650. The zero-order valence-electron chi connectivity index (χ0n) is 42.0. The summed E-state index contributed by atoms with van der Waals surface area (Å²) in [4.78, 5) is 89.4. The number of hydrogen-bond donors (Lipinski definition) is 12. The van der Waals surface area contributed by atoms with Gasteiger partial charge in [-0.25, -0.2) is 4.79 Å². The number of anilines is 1. The topological polar surface area (TPSA) is 341 Å². The van der Waals surface area contributed by atoms with Crippen molar-refractivity contribution >= 4 is 87.9 Å². The molecule has 0 aromatic heterocycles. The molecule has 4 aromatic rings. The van der Waals surface area contributed by atoms with Crippen molar-refractivity contribution in [3.63, 3.8) is 0 Å². The van der Waals surface area contributed by atoms with Crippen molar-refractivity contribution in [1.29, 1.82) is 0 Å². The van der Waals surface area contributed by atoms with Gasteiger partial charge < -0.3 is 72.0 Å². The molecule has 78 heavy (non-hydrogen) atoms. The van der Waals surface area contributed by atoms with Gasteiger partial charge in [-0.1, -0.05) is 54.4 Å². The number of hydrogen-bond acceptors (Lipinski definition) is 15. The summed E-state index contributed by atoms with van der Waals surface area (Å²) in [7, 11) is 0. The van der Waals surface area contributed by atoms with Crippen molar-refractivity contribution in [3.05, 3.63) is 123 Å². The van der Waals surface area contributed by atoms with E-state index in [0.29, 0.717) is 35.2 Å². The average molecular weight is 1190 g/mol. The zero-order chi connectivity index (χ0) is 56.4. The number of likely N-dealkylation sites (N-methyl/N-ethyl adjacent to an activating group) is 1. The van der Waals surface area contributed by atoms with Gasteiger partial charge in [0.15, 0.2) is 5.11 Å². The van der Waals surface area contributed by atoms with Crippen molar-refractivity contribution in [3.8, 4) is 17.2 Å². The van der Waals surface area contributed by atoms with Gasteiger partial charge in [-0.2, -0.15) is 6.67 Å². The normalized spacial score (nSPS) is 11.3. The predicted octanol–water partition coefficient (Wildman–Crippen LogP) is 3.35. The van der Waals surface area contributed by atoms with Crippen LogP contribution in [0, 0.1) is 6.67 Å². The van der Waals surface area contributed by atoms with E-state index in [4.69, 9.17) is 50.0 Å². The first-order valence-electron chi connectivity index (χ1n) is 23.7. The Balaban J connectivity index is 0.0000160. The number of nitrogens with one attached hydrogen (secondary N) is 6. The van der Waals surface area contributed by atoms with Crippen LogP contribution in [0.15, 0.2) is 78.9 Å². The van der Waals surface area contributed by atoms with E-state index in [1.54, 1.807) is 70.2 Å². The molecular formula is C50H60Cl2CoN9O15S-. The zero-order valence-corrected chi connectivity index (χ0v) is 45.3. The van der Waals surface area contributed by atoms with E-state index in [-0.39, 0.29) is 127 Å². The van der Waals surface area contributed by atoms with Crippen LogP contribution >= 0.6 is 35.4 Å². The molecule has 4 amide bonds. The molecule has 0 aliphatic carbocycles. The number of halogens is 2. The molecule has 4 rings (SSSR count). The Morgan fingerprint density at radius 3 is 1.91 bits per heavy atom. The molecule has 425 valence electrons. The van der Waals surface area contributed by atoms with Gasteiger partial charge in [0, 0.05) is 91.5 Å². The van der Waals surface area contributed by atoms with Crippen molar-refractivity contribution in [2.24, 2.45) is 0 Å². The number of carboxylic acids is 3. The summed E-state index contributed by atoms with van der Waals surface area (Å²) in [6, 6.07) is 19.4. The summed E-state index contributed by atoms with van der Waals surface area (Å²) in [5.74, 6) is -5.52. The monoisotopic (exact) mass is 1190 g/mol. The number of rotatable bonds is 33. The SMILES string of the molecule is CCN(CCN(CC(=O)O)CC(Cc1ccc(NC(=S)NCCOCCOc2cccc(CNC(=O)c3cc(Cl)c(C(=O)N[CH-]NC(=O)c4cc(O)cc(O)c4)c(Cl)c3)c2)cc1)N(CCNC(=O)O)CC(=O)O)CC(=O)O.[Co]. The molecule has 0 heterocycles. The van der Waals surface area contributed by atoms with Gasteiger partial charge >= 0.3 is 24.0 Å². The summed E-state index contributed by atoms with van der Waals surface area (Å²) < 4.78 is 11.5. The van der Waals surface area contributed by atoms with E-state index in [2.05, 4.69) is 31.9 Å². The first-order valence-corrected chi connectivity index (χ1v) is 24.8. The van der Waals surface area contributed by atoms with E-state index in [9.17, 15) is 59.1 Å². The third kappa shape index (κ3) is 24.1. The van der Waals surface area contributed by atoms with Crippen LogP contribution in [0.2, 0.25) is 10.0 Å². The van der Waals surface area contributed by atoms with Crippen LogP contribution in [0.1, 0.15) is 49.1 Å². The second kappa shape index (κ2) is 34.0. The van der Waals surface area contributed by atoms with E-state index in [1.807, 2.05) is 0 Å². The van der Waals surface area contributed by atoms with Crippen LogP contribution in [0.3, 0.4) is 0 Å². The average Bonchev–Trinajstić information content (AvgIpc) is 3.36. The molecule has 12 N–H and O–H groups in total. The molecule has 1 atom stereocenters. The van der Waals surface area contributed by atoms with Gasteiger partial charge in [-0.05, 0) is 84.8 Å². The second-order valence-corrected chi connectivity index (χ2v) is 18.1. The number of aliphatic carboxylic acids is 3. The minimum Gasteiger partial charge on any atom is -0.508 e. The Hall–Kier alpha value is -7.01. The maximum absolute atomic E-state index is 13.0. The number of phenols is 2. The van der Waals surface area contributed by atoms with Crippen molar-refractivity contribution in [2.45, 2.75) is 25.9 Å². The molecule has 0 fully saturated rings. The minimum atomic E-state index is -1.28. The number of carbonyl (C=O) groups is 7. The number of ether oxygens (including phenoxy) is 2. The number of benzene rings is 4. The fraction of sp³-hybridized carbons (Fsp3) is 0.340. The fourth-order valence-electron chi connectivity index (χ4n) is 7.46. The maximum Gasteiger partial charge on any atom is 0.404 e. The van der Waals surface area contributed by atoms with Gasteiger partial charge in [0.2, 0.25) is 11.8 Å². The smallest absolute Gasteiger partial charge is 0.404 e. The third-order valence-corrected chi connectivity index (χ3v) is 11.9. The fourth-order valence-corrected chi connectivity index (χ4v) is 8.33. The minimum absolute atomic E-state index is 0. The molecule has 0 aliphatic rings. The number of amides is 4. The molecule has 24 nitrogen and oxygen atoms in total. The van der Waals surface area contributed by atoms with Crippen LogP contribution in [0.5, 0.6) is 17.2 Å². The first kappa shape index (κ1) is 65.3. The molecular weight excluding hydrogens is 1130 g/mol. The molecule has 0 spiro atoms. The standard InChI is InChI=1S/C50H60Cl2N9O15S.Co/c1-2-59(27-42(64)65)13-14-60(28-43(66)67)26-36(61(29-44(68)69)12-10-54-50(73)74)18-31-6-8-35(9-7-31)58-49(77)53-11-15-75-16-17-76-39-5-3-4-32(19-39)25-55-46(70)34-22-40(51)45(41(52)23-34)48(72)57-30-56-47(71)33-20-37(62)24-38(63)21-33;/h3-9,19-24,30,36,54,62-63H,2,10-18,25-29H2,1H3,(H,55,70)(H,56,71)(H,57,72)(H,64,65)(H,66,67)(H,68,69)(H,73,74)(H2,53,58,77);/q-1;. The first-order chi connectivity index (χ1) is 36.7. The van der Waals surface area contributed by atoms with Gasteiger partial charge in [-0.3, -0.25) is 43.5 Å². The molecule has 1 radical (unpaired) electrons. The van der Waals surface area contributed by atoms with Crippen molar-refractivity contribution in [1.82, 2.24) is 41.3 Å². The van der Waals surface area contributed by atoms with E-state index in [1.165, 1.54) is 12.1 Å². The van der Waals surface area contributed by atoms with Crippen LogP contribution < -0.4 is 36.6 Å².